The Morgan fingerprint density at radius 2 is 1.87 bits per heavy atom. The van der Waals surface area contributed by atoms with Gasteiger partial charge in [0.1, 0.15) is 36.9 Å². The van der Waals surface area contributed by atoms with Crippen LogP contribution in [0.4, 0.5) is 10.6 Å². The minimum absolute atomic E-state index is 0.116. The lowest BCUT2D eigenvalue weighted by atomic mass is 10.1. The fraction of sp³-hybridized carbons (Fsp3) is 0.458. The molecule has 2 fully saturated rings. The highest BCUT2D eigenvalue weighted by Gasteiger charge is 2.56. The van der Waals surface area contributed by atoms with E-state index in [1.54, 1.807) is 23.0 Å². The second-order valence-corrected chi connectivity index (χ2v) is 9.34. The number of ether oxygens (including phenoxy) is 4. The van der Waals surface area contributed by atoms with Gasteiger partial charge >= 0.3 is 12.0 Å². The molecule has 4 heterocycles. The molecule has 0 aliphatic carbocycles. The Balaban J connectivity index is 1.32. The molecule has 2 aromatic heterocycles. The van der Waals surface area contributed by atoms with Crippen LogP contribution in [0.15, 0.2) is 36.9 Å². The first kappa shape index (κ1) is 25.6. The first-order valence-electron chi connectivity index (χ1n) is 12.0. The van der Waals surface area contributed by atoms with Crippen LogP contribution in [0.3, 0.4) is 0 Å². The molecule has 0 bridgehead atoms. The lowest BCUT2D eigenvalue weighted by Gasteiger charge is -2.25. The number of aromatic hydroxyl groups is 1. The van der Waals surface area contributed by atoms with E-state index in [1.165, 1.54) is 13.4 Å². The number of nitrogens with zero attached hydrogens (tertiary/aromatic N) is 4. The molecule has 0 saturated carbocycles. The summed E-state index contributed by atoms with van der Waals surface area (Å²) in [7, 11) is 1.24. The number of benzene rings is 1. The molecular formula is C24H29N7O7. The van der Waals surface area contributed by atoms with Gasteiger partial charge in [0.25, 0.3) is 0 Å². The molecule has 2 aliphatic rings. The number of carbonyl (C=O) groups excluding carboxylic acids is 2. The highest BCUT2D eigenvalue weighted by molar-refractivity contribution is 5.83. The van der Waals surface area contributed by atoms with Crippen LogP contribution in [0.5, 0.6) is 5.75 Å². The van der Waals surface area contributed by atoms with Crippen molar-refractivity contribution in [1.29, 1.82) is 0 Å². The Labute approximate surface area is 217 Å². The SMILES string of the molecule is COC(=O)CNC(=O)NC[C@H]1O[C@@H](n2cnc3c(NCc4ccc(O)cc4)ncnc32)C2OC(C)(C)O[C@H]21. The van der Waals surface area contributed by atoms with Gasteiger partial charge in [0, 0.05) is 13.1 Å². The van der Waals surface area contributed by atoms with Crippen molar-refractivity contribution in [2.45, 2.75) is 50.7 Å². The maximum Gasteiger partial charge on any atom is 0.325 e. The second-order valence-electron chi connectivity index (χ2n) is 9.34. The van der Waals surface area contributed by atoms with Gasteiger partial charge in [-0.25, -0.2) is 19.7 Å². The Hall–Kier alpha value is -4.01. The van der Waals surface area contributed by atoms with Gasteiger partial charge < -0.3 is 40.0 Å². The summed E-state index contributed by atoms with van der Waals surface area (Å²) < 4.78 is 24.8. The highest BCUT2D eigenvalue weighted by Crippen LogP contribution is 2.43. The Morgan fingerprint density at radius 1 is 1.11 bits per heavy atom. The Morgan fingerprint density at radius 3 is 2.63 bits per heavy atom. The van der Waals surface area contributed by atoms with Crippen LogP contribution < -0.4 is 16.0 Å². The van der Waals surface area contributed by atoms with E-state index >= 15 is 0 Å². The van der Waals surface area contributed by atoms with E-state index in [1.807, 2.05) is 26.0 Å². The first-order valence-corrected chi connectivity index (χ1v) is 12.0. The van der Waals surface area contributed by atoms with Crippen LogP contribution in [0.2, 0.25) is 0 Å². The first-order chi connectivity index (χ1) is 18.2. The van der Waals surface area contributed by atoms with Crippen LogP contribution in [0, 0.1) is 0 Å². The highest BCUT2D eigenvalue weighted by atomic mass is 16.8. The number of urea groups is 1. The normalized spacial score (nSPS) is 23.7. The van der Waals surface area contributed by atoms with Crippen molar-refractivity contribution < 1.29 is 33.6 Å². The second kappa shape index (κ2) is 10.4. The molecule has 1 aromatic carbocycles. The van der Waals surface area contributed by atoms with E-state index in [0.29, 0.717) is 23.5 Å². The third-order valence-electron chi connectivity index (χ3n) is 6.24. The number of hydrogen-bond acceptors (Lipinski definition) is 11. The topological polar surface area (TPSA) is 171 Å². The molecule has 3 aromatic rings. The van der Waals surface area contributed by atoms with E-state index in [-0.39, 0.29) is 18.8 Å². The summed E-state index contributed by atoms with van der Waals surface area (Å²) in [6, 6.07) is 6.33. The van der Waals surface area contributed by atoms with Crippen molar-refractivity contribution in [3.8, 4) is 5.75 Å². The Bertz CT molecular complexity index is 1310. The molecule has 0 radical (unpaired) electrons. The van der Waals surface area contributed by atoms with Crippen molar-refractivity contribution in [1.82, 2.24) is 30.2 Å². The number of nitrogens with one attached hydrogen (secondary N) is 3. The van der Waals surface area contributed by atoms with Crippen LogP contribution in [0.25, 0.3) is 11.2 Å². The molecule has 0 spiro atoms. The number of rotatable bonds is 8. The predicted octanol–water partition coefficient (Wildman–Crippen LogP) is 1.03. The standard InChI is InChI=1S/C24H29N7O7/c1-24(2)37-18-15(9-26-23(34)27-10-16(33)35-3)36-22(19(18)38-24)31-12-30-17-20(28-11-29-21(17)31)25-8-13-4-6-14(32)7-5-13/h4-7,11-12,15,18-19,22,32H,8-10H2,1-3H3,(H,25,28,29)(H2,26,27,34)/t15-,18+,19?,22-/m1/s1. The van der Waals surface area contributed by atoms with Crippen molar-refractivity contribution in [2.75, 3.05) is 25.5 Å². The molecule has 2 amide bonds. The van der Waals surface area contributed by atoms with Crippen molar-refractivity contribution in [3.05, 3.63) is 42.5 Å². The number of amides is 2. The molecule has 5 rings (SSSR count). The largest absolute Gasteiger partial charge is 0.508 e. The van der Waals surface area contributed by atoms with E-state index in [9.17, 15) is 14.7 Å². The van der Waals surface area contributed by atoms with Crippen LogP contribution in [-0.2, 0) is 30.3 Å². The summed E-state index contributed by atoms with van der Waals surface area (Å²) in [6.45, 7) is 3.97. The van der Waals surface area contributed by atoms with Gasteiger partial charge in [-0.3, -0.25) is 9.36 Å². The fourth-order valence-corrected chi connectivity index (χ4v) is 4.49. The third kappa shape index (κ3) is 5.32. The predicted molar refractivity (Wildman–Crippen MR) is 132 cm³/mol. The molecular weight excluding hydrogens is 498 g/mol. The van der Waals surface area contributed by atoms with Gasteiger partial charge in [-0.15, -0.1) is 0 Å². The zero-order valence-corrected chi connectivity index (χ0v) is 21.1. The number of phenolic OH excluding ortho intramolecular Hbond substituents is 1. The number of carbonyl (C=O) groups is 2. The molecule has 2 saturated heterocycles. The minimum Gasteiger partial charge on any atom is -0.508 e. The zero-order valence-electron chi connectivity index (χ0n) is 21.1. The van der Waals surface area contributed by atoms with Crippen molar-refractivity contribution >= 4 is 29.0 Å². The molecule has 4 N–H and O–H groups in total. The zero-order chi connectivity index (χ0) is 26.9. The fourth-order valence-electron chi connectivity index (χ4n) is 4.49. The third-order valence-corrected chi connectivity index (χ3v) is 6.24. The van der Waals surface area contributed by atoms with E-state index < -0.39 is 42.3 Å². The number of imidazole rings is 1. The van der Waals surface area contributed by atoms with E-state index in [0.717, 1.165) is 5.56 Å². The maximum atomic E-state index is 12.1. The van der Waals surface area contributed by atoms with E-state index in [2.05, 4.69) is 35.6 Å². The van der Waals surface area contributed by atoms with Crippen LogP contribution >= 0.6 is 0 Å². The molecule has 14 heteroatoms. The molecule has 2 aliphatic heterocycles. The Kier molecular flexibility index (Phi) is 7.01. The number of anilines is 1. The summed E-state index contributed by atoms with van der Waals surface area (Å²) in [4.78, 5) is 36.7. The maximum absolute atomic E-state index is 12.1. The monoisotopic (exact) mass is 527 g/mol. The minimum atomic E-state index is -0.856. The molecule has 1 unspecified atom stereocenters. The van der Waals surface area contributed by atoms with E-state index in [4.69, 9.17) is 14.2 Å². The summed E-state index contributed by atoms with van der Waals surface area (Å²) >= 11 is 0. The summed E-state index contributed by atoms with van der Waals surface area (Å²) in [5, 5.41) is 17.9. The van der Waals surface area contributed by atoms with Gasteiger partial charge in [-0.2, -0.15) is 0 Å². The van der Waals surface area contributed by atoms with Crippen molar-refractivity contribution in [2.24, 2.45) is 0 Å². The number of methoxy groups -OCH3 is 1. The van der Waals surface area contributed by atoms with Crippen LogP contribution in [-0.4, -0.2) is 80.9 Å². The van der Waals surface area contributed by atoms with Crippen LogP contribution in [0.1, 0.15) is 25.6 Å². The summed E-state index contributed by atoms with van der Waals surface area (Å²) in [5.41, 5.74) is 2.05. The van der Waals surface area contributed by atoms with Gasteiger partial charge in [-0.05, 0) is 31.5 Å². The summed E-state index contributed by atoms with van der Waals surface area (Å²) in [5.74, 6) is -0.674. The average Bonchev–Trinajstić information content (AvgIpc) is 3.56. The molecule has 202 valence electrons. The molecule has 14 nitrogen and oxygen atoms in total. The quantitative estimate of drug-likeness (QED) is 0.308. The number of aromatic nitrogens is 4. The van der Waals surface area contributed by atoms with Crippen molar-refractivity contribution in [3.63, 3.8) is 0 Å². The average molecular weight is 528 g/mol. The van der Waals surface area contributed by atoms with Gasteiger partial charge in [-0.1, -0.05) is 12.1 Å². The smallest absolute Gasteiger partial charge is 0.325 e. The summed E-state index contributed by atoms with van der Waals surface area (Å²) in [6.07, 6.45) is 0.921. The van der Waals surface area contributed by atoms with Gasteiger partial charge in [0.15, 0.2) is 29.0 Å². The van der Waals surface area contributed by atoms with Gasteiger partial charge in [0.2, 0.25) is 0 Å². The number of esters is 1. The molecule has 38 heavy (non-hydrogen) atoms. The number of hydrogen-bond donors (Lipinski definition) is 4. The lowest BCUT2D eigenvalue weighted by Crippen LogP contribution is -2.45. The lowest BCUT2D eigenvalue weighted by molar-refractivity contribution is -0.195. The molecule has 4 atom stereocenters. The number of phenols is 1. The van der Waals surface area contributed by atoms with Gasteiger partial charge in [0.05, 0.1) is 13.4 Å². The number of fused-ring (bicyclic) bond motifs is 2.